The lowest BCUT2D eigenvalue weighted by Crippen LogP contribution is -2.30. The second-order valence-electron chi connectivity index (χ2n) is 8.11. The molecule has 0 radical (unpaired) electrons. The molecule has 0 unspecified atom stereocenters. The fourth-order valence-electron chi connectivity index (χ4n) is 4.38. The molecule has 1 aliphatic heterocycles. The molecule has 2 aromatic carbocycles. The molecule has 6 nitrogen and oxygen atoms in total. The Morgan fingerprint density at radius 2 is 1.69 bits per heavy atom. The van der Waals surface area contributed by atoms with Gasteiger partial charge in [-0.05, 0) is 42.0 Å². The number of aromatic nitrogens is 3. The number of benzene rings is 2. The molecule has 1 aromatic heterocycles. The van der Waals surface area contributed by atoms with E-state index in [4.69, 9.17) is 0 Å². The van der Waals surface area contributed by atoms with Gasteiger partial charge in [0.15, 0.2) is 0 Å². The van der Waals surface area contributed by atoms with Crippen LogP contribution in [0.1, 0.15) is 36.8 Å². The summed E-state index contributed by atoms with van der Waals surface area (Å²) < 4.78 is 1.96. The molecule has 0 bridgehead atoms. The Kier molecular flexibility index (Phi) is 4.76. The van der Waals surface area contributed by atoms with Crippen LogP contribution in [0.5, 0.6) is 0 Å². The number of hydrogen-bond donors (Lipinski definition) is 1. The van der Waals surface area contributed by atoms with Crippen molar-refractivity contribution in [2.24, 2.45) is 5.92 Å². The van der Waals surface area contributed by atoms with E-state index >= 15 is 0 Å². The van der Waals surface area contributed by atoms with E-state index in [1.54, 1.807) is 0 Å². The largest absolute Gasteiger partial charge is 0.322 e. The Morgan fingerprint density at radius 3 is 2.38 bits per heavy atom. The minimum absolute atomic E-state index is 0.0727. The molecule has 0 atom stereocenters. The maximum atomic E-state index is 12.6. The number of anilines is 1. The van der Waals surface area contributed by atoms with Gasteiger partial charge in [-0.1, -0.05) is 54.5 Å². The van der Waals surface area contributed by atoms with Gasteiger partial charge < -0.3 is 10.2 Å². The Bertz CT molecular complexity index is 979. The van der Waals surface area contributed by atoms with Crippen LogP contribution in [0.2, 0.25) is 0 Å². The van der Waals surface area contributed by atoms with Crippen molar-refractivity contribution in [2.75, 3.05) is 5.32 Å². The number of fused-ring (bicyclic) bond motifs is 1. The minimum Gasteiger partial charge on any atom is -0.316 e. The van der Waals surface area contributed by atoms with Crippen molar-refractivity contribution < 1.29 is 4.79 Å². The molecule has 1 saturated carbocycles. The summed E-state index contributed by atoms with van der Waals surface area (Å²) in [5.41, 5.74) is 5.11. The highest BCUT2D eigenvalue weighted by Gasteiger charge is 2.23. The van der Waals surface area contributed by atoms with Crippen molar-refractivity contribution in [3.8, 4) is 11.3 Å². The molecular weight excluding hydrogens is 362 g/mol. The Labute approximate surface area is 170 Å². The van der Waals surface area contributed by atoms with Gasteiger partial charge in [0.25, 0.3) is 0 Å². The normalized spacial score (nSPS) is 16.2. The third kappa shape index (κ3) is 3.88. The molecule has 1 N–H and O–H groups in total. The zero-order valence-corrected chi connectivity index (χ0v) is 16.4. The van der Waals surface area contributed by atoms with E-state index in [1.165, 1.54) is 36.8 Å². The van der Waals surface area contributed by atoms with Crippen LogP contribution in [0, 0.1) is 5.92 Å². The summed E-state index contributed by atoms with van der Waals surface area (Å²) in [6, 6.07) is 15.9. The molecule has 1 aliphatic carbocycles. The molecule has 3 aromatic rings. The van der Waals surface area contributed by atoms with Crippen LogP contribution in [-0.2, 0) is 19.6 Å². The van der Waals surface area contributed by atoms with E-state index in [2.05, 4.69) is 27.8 Å². The van der Waals surface area contributed by atoms with Crippen LogP contribution in [0.15, 0.2) is 54.7 Å². The van der Waals surface area contributed by atoms with Crippen LogP contribution < -0.4 is 5.32 Å². The monoisotopic (exact) mass is 387 g/mol. The molecule has 29 heavy (non-hydrogen) atoms. The summed E-state index contributed by atoms with van der Waals surface area (Å²) in [4.78, 5) is 14.4. The van der Waals surface area contributed by atoms with Crippen molar-refractivity contribution in [2.45, 2.75) is 45.3 Å². The topological polar surface area (TPSA) is 63.1 Å². The number of urea groups is 1. The first-order valence-electron chi connectivity index (χ1n) is 10.4. The van der Waals surface area contributed by atoms with E-state index < -0.39 is 0 Å². The van der Waals surface area contributed by atoms with Gasteiger partial charge in [0.2, 0.25) is 0 Å². The van der Waals surface area contributed by atoms with Gasteiger partial charge in [-0.15, -0.1) is 5.10 Å². The molecule has 2 aliphatic rings. The zero-order chi connectivity index (χ0) is 19.6. The second kappa shape index (κ2) is 7.70. The van der Waals surface area contributed by atoms with Crippen molar-refractivity contribution in [3.05, 3.63) is 65.9 Å². The average Bonchev–Trinajstić information content (AvgIpc) is 3.49. The summed E-state index contributed by atoms with van der Waals surface area (Å²) in [7, 11) is 0. The SMILES string of the molecule is O=C(Nc1ccc(-c2cn(CC3CCCC3)nn2)cc1)N1Cc2ccccc2C1. The molecule has 0 spiro atoms. The van der Waals surface area contributed by atoms with Crippen LogP contribution in [0.3, 0.4) is 0 Å². The van der Waals surface area contributed by atoms with Gasteiger partial charge in [-0.3, -0.25) is 4.68 Å². The van der Waals surface area contributed by atoms with Crippen LogP contribution in [0.25, 0.3) is 11.3 Å². The lowest BCUT2D eigenvalue weighted by Gasteiger charge is -2.16. The molecule has 5 rings (SSSR count). The van der Waals surface area contributed by atoms with Gasteiger partial charge in [0.1, 0.15) is 5.69 Å². The maximum absolute atomic E-state index is 12.6. The fraction of sp³-hybridized carbons (Fsp3) is 0.348. The van der Waals surface area contributed by atoms with E-state index in [1.807, 2.05) is 52.2 Å². The standard InChI is InChI=1S/C23H25N5O/c29-23(27-14-19-7-3-4-8-20(19)15-27)24-21-11-9-18(10-12-21)22-16-28(26-25-22)13-17-5-1-2-6-17/h3-4,7-12,16-17H,1-2,5-6,13-15H2,(H,24,29). The van der Waals surface area contributed by atoms with Crippen LogP contribution in [0.4, 0.5) is 10.5 Å². The second-order valence-corrected chi connectivity index (χ2v) is 8.11. The number of nitrogens with one attached hydrogen (secondary N) is 1. The third-order valence-corrected chi connectivity index (χ3v) is 6.02. The maximum Gasteiger partial charge on any atom is 0.322 e. The average molecular weight is 387 g/mol. The number of nitrogens with zero attached hydrogens (tertiary/aromatic N) is 4. The summed E-state index contributed by atoms with van der Waals surface area (Å²) in [6.45, 7) is 2.27. The highest BCUT2D eigenvalue weighted by molar-refractivity contribution is 5.90. The molecule has 2 heterocycles. The first kappa shape index (κ1) is 17.9. The minimum atomic E-state index is -0.0727. The Morgan fingerprint density at radius 1 is 1.00 bits per heavy atom. The highest BCUT2D eigenvalue weighted by Crippen LogP contribution is 2.27. The molecule has 1 fully saturated rings. The number of hydrogen-bond acceptors (Lipinski definition) is 3. The van der Waals surface area contributed by atoms with Crippen molar-refractivity contribution >= 4 is 11.7 Å². The predicted molar refractivity (Wildman–Crippen MR) is 112 cm³/mol. The van der Waals surface area contributed by atoms with E-state index in [0.29, 0.717) is 13.1 Å². The number of carbonyl (C=O) groups excluding carboxylic acids is 1. The van der Waals surface area contributed by atoms with Gasteiger partial charge >= 0.3 is 6.03 Å². The Balaban J connectivity index is 1.20. The van der Waals surface area contributed by atoms with Crippen molar-refractivity contribution in [1.82, 2.24) is 19.9 Å². The predicted octanol–water partition coefficient (Wildman–Crippen LogP) is 4.68. The molecule has 2 amide bonds. The van der Waals surface area contributed by atoms with Gasteiger partial charge in [0.05, 0.1) is 6.20 Å². The Hall–Kier alpha value is -3.15. The number of rotatable bonds is 4. The van der Waals surface area contributed by atoms with Crippen molar-refractivity contribution in [1.29, 1.82) is 0 Å². The molecule has 148 valence electrons. The molecular formula is C23H25N5O. The van der Waals surface area contributed by atoms with Gasteiger partial charge in [0, 0.05) is 30.9 Å². The van der Waals surface area contributed by atoms with Crippen molar-refractivity contribution in [3.63, 3.8) is 0 Å². The van der Waals surface area contributed by atoms with Crippen LogP contribution in [-0.4, -0.2) is 25.9 Å². The highest BCUT2D eigenvalue weighted by atomic mass is 16.2. The zero-order valence-electron chi connectivity index (χ0n) is 16.4. The first-order chi connectivity index (χ1) is 14.2. The summed E-state index contributed by atoms with van der Waals surface area (Å²) >= 11 is 0. The lowest BCUT2D eigenvalue weighted by molar-refractivity contribution is 0.212. The lowest BCUT2D eigenvalue weighted by atomic mass is 10.1. The van der Waals surface area contributed by atoms with E-state index in [0.717, 1.165) is 29.4 Å². The smallest absolute Gasteiger partial charge is 0.316 e. The summed E-state index contributed by atoms with van der Waals surface area (Å²) in [6.07, 6.45) is 7.29. The third-order valence-electron chi connectivity index (χ3n) is 6.02. The molecule has 0 saturated heterocycles. The summed E-state index contributed by atoms with van der Waals surface area (Å²) in [5.74, 6) is 0.735. The quantitative estimate of drug-likeness (QED) is 0.707. The summed E-state index contributed by atoms with van der Waals surface area (Å²) in [5, 5.41) is 11.6. The van der Waals surface area contributed by atoms with Gasteiger partial charge in [-0.25, -0.2) is 4.79 Å². The number of carbonyl (C=O) groups is 1. The number of amides is 2. The van der Waals surface area contributed by atoms with E-state index in [9.17, 15) is 4.79 Å². The fourth-order valence-corrected chi connectivity index (χ4v) is 4.38. The van der Waals surface area contributed by atoms with Gasteiger partial charge in [-0.2, -0.15) is 0 Å². The first-order valence-corrected chi connectivity index (χ1v) is 10.4. The van der Waals surface area contributed by atoms with E-state index in [-0.39, 0.29) is 6.03 Å². The molecule has 6 heteroatoms. The van der Waals surface area contributed by atoms with Crippen LogP contribution >= 0.6 is 0 Å².